The molecule has 0 aliphatic rings. The molecule has 0 aliphatic heterocycles. The van der Waals surface area contributed by atoms with Gasteiger partial charge in [-0.15, -0.1) is 0 Å². The summed E-state index contributed by atoms with van der Waals surface area (Å²) in [6.45, 7) is 2.04. The molecular formula is C20H18ClNO3. The fourth-order valence-corrected chi connectivity index (χ4v) is 2.73. The lowest BCUT2D eigenvalue weighted by molar-refractivity contribution is -0.151. The molecule has 4 nitrogen and oxygen atoms in total. The number of hydrogen-bond donors (Lipinski definition) is 0. The molecule has 0 aliphatic carbocycles. The van der Waals surface area contributed by atoms with Gasteiger partial charge in [-0.1, -0.05) is 35.9 Å². The number of benzene rings is 2. The third-order valence-electron chi connectivity index (χ3n) is 3.64. The van der Waals surface area contributed by atoms with E-state index in [1.165, 1.54) is 0 Å². The van der Waals surface area contributed by atoms with Gasteiger partial charge in [0.05, 0.1) is 12.3 Å². The van der Waals surface area contributed by atoms with E-state index < -0.39 is 12.1 Å². The summed E-state index contributed by atoms with van der Waals surface area (Å²) in [7, 11) is 0. The number of aromatic nitrogens is 1. The van der Waals surface area contributed by atoms with Gasteiger partial charge in [-0.2, -0.15) is 0 Å². The van der Waals surface area contributed by atoms with Gasteiger partial charge >= 0.3 is 5.97 Å². The smallest absolute Gasteiger partial charge is 0.352 e. The second-order valence-electron chi connectivity index (χ2n) is 5.36. The van der Waals surface area contributed by atoms with E-state index in [1.807, 2.05) is 53.4 Å². The van der Waals surface area contributed by atoms with Crippen LogP contribution in [-0.4, -0.2) is 17.1 Å². The van der Waals surface area contributed by atoms with Crippen molar-refractivity contribution in [2.45, 2.75) is 13.0 Å². The van der Waals surface area contributed by atoms with Crippen molar-refractivity contribution in [3.05, 3.63) is 83.6 Å². The van der Waals surface area contributed by atoms with Crippen molar-refractivity contribution < 1.29 is 14.3 Å². The molecule has 2 aromatic carbocycles. The number of halogens is 1. The van der Waals surface area contributed by atoms with Crippen LogP contribution in [0.1, 0.15) is 18.6 Å². The lowest BCUT2D eigenvalue weighted by Gasteiger charge is -2.20. The molecule has 0 radical (unpaired) electrons. The molecule has 25 heavy (non-hydrogen) atoms. The molecular weight excluding hydrogens is 338 g/mol. The Kier molecular flexibility index (Phi) is 5.41. The van der Waals surface area contributed by atoms with E-state index in [0.29, 0.717) is 16.3 Å². The Hall–Kier alpha value is -2.72. The number of hydrogen-bond acceptors (Lipinski definition) is 3. The maximum atomic E-state index is 12.5. The molecule has 0 amide bonds. The Labute approximate surface area is 151 Å². The summed E-state index contributed by atoms with van der Waals surface area (Å²) in [6.07, 6.45) is 2.94. The van der Waals surface area contributed by atoms with Gasteiger partial charge in [0.25, 0.3) is 0 Å². The molecule has 0 saturated heterocycles. The van der Waals surface area contributed by atoms with Crippen LogP contribution >= 0.6 is 11.6 Å². The topological polar surface area (TPSA) is 40.5 Å². The van der Waals surface area contributed by atoms with E-state index in [-0.39, 0.29) is 6.61 Å². The third kappa shape index (κ3) is 4.03. The van der Waals surface area contributed by atoms with Crippen LogP contribution in [0.25, 0.3) is 5.69 Å². The second kappa shape index (κ2) is 7.90. The van der Waals surface area contributed by atoms with Crippen molar-refractivity contribution in [1.82, 2.24) is 4.57 Å². The lowest BCUT2D eigenvalue weighted by Crippen LogP contribution is -2.22. The van der Waals surface area contributed by atoms with Crippen LogP contribution in [0.2, 0.25) is 5.02 Å². The number of carbonyl (C=O) groups excluding carboxylic acids is 1. The molecule has 3 aromatic rings. The number of nitrogens with zero attached hydrogens (tertiary/aromatic N) is 1. The zero-order chi connectivity index (χ0) is 17.6. The van der Waals surface area contributed by atoms with Gasteiger partial charge in [0, 0.05) is 23.0 Å². The monoisotopic (exact) mass is 355 g/mol. The number of para-hydroxylation sites is 2. The summed E-state index contributed by atoms with van der Waals surface area (Å²) in [5, 5.41) is 0.536. The molecule has 0 fully saturated rings. The van der Waals surface area contributed by atoms with Crippen LogP contribution in [-0.2, 0) is 9.53 Å². The first-order valence-corrected chi connectivity index (χ1v) is 8.38. The average molecular weight is 356 g/mol. The largest absolute Gasteiger partial charge is 0.472 e. The highest BCUT2D eigenvalue weighted by Gasteiger charge is 2.25. The Morgan fingerprint density at radius 1 is 1.08 bits per heavy atom. The van der Waals surface area contributed by atoms with Crippen molar-refractivity contribution in [3.8, 4) is 11.4 Å². The highest BCUT2D eigenvalue weighted by Crippen LogP contribution is 2.30. The van der Waals surface area contributed by atoms with Gasteiger partial charge in [0.2, 0.25) is 6.10 Å². The van der Waals surface area contributed by atoms with Crippen LogP contribution < -0.4 is 4.74 Å². The van der Waals surface area contributed by atoms with Crippen molar-refractivity contribution in [2.24, 2.45) is 0 Å². The summed E-state index contributed by atoms with van der Waals surface area (Å²) in [5.74, 6) is 0.129. The minimum atomic E-state index is -0.893. The SMILES string of the molecule is CCOC(=O)C(Oc1ccccc1-n1cccc1)c1cccc(Cl)c1. The van der Waals surface area contributed by atoms with Crippen LogP contribution in [0.5, 0.6) is 5.75 Å². The fraction of sp³-hybridized carbons (Fsp3) is 0.150. The molecule has 1 aromatic heterocycles. The maximum Gasteiger partial charge on any atom is 0.352 e. The first-order chi connectivity index (χ1) is 12.2. The molecule has 0 spiro atoms. The number of carbonyl (C=O) groups is 1. The van der Waals surface area contributed by atoms with E-state index in [2.05, 4.69) is 0 Å². The molecule has 128 valence electrons. The minimum absolute atomic E-state index is 0.276. The highest BCUT2D eigenvalue weighted by molar-refractivity contribution is 6.30. The molecule has 0 saturated carbocycles. The zero-order valence-corrected chi connectivity index (χ0v) is 14.5. The maximum absolute atomic E-state index is 12.5. The van der Waals surface area contributed by atoms with Crippen molar-refractivity contribution in [3.63, 3.8) is 0 Å². The van der Waals surface area contributed by atoms with Gasteiger partial charge in [0.15, 0.2) is 0 Å². The van der Waals surface area contributed by atoms with Crippen molar-refractivity contribution in [2.75, 3.05) is 6.61 Å². The lowest BCUT2D eigenvalue weighted by atomic mass is 10.1. The predicted octanol–water partition coefficient (Wildman–Crippen LogP) is 4.81. The molecule has 3 rings (SSSR count). The van der Waals surface area contributed by atoms with Crippen molar-refractivity contribution >= 4 is 17.6 Å². The normalized spacial score (nSPS) is 11.8. The first-order valence-electron chi connectivity index (χ1n) is 8.00. The van der Waals surface area contributed by atoms with E-state index in [9.17, 15) is 4.79 Å². The summed E-state index contributed by atoms with van der Waals surface area (Å²) in [5.41, 5.74) is 1.48. The Balaban J connectivity index is 1.98. The zero-order valence-electron chi connectivity index (χ0n) is 13.8. The number of rotatable bonds is 6. The molecule has 5 heteroatoms. The highest BCUT2D eigenvalue weighted by atomic mass is 35.5. The van der Waals surface area contributed by atoms with Gasteiger partial charge in [-0.25, -0.2) is 4.79 Å². The van der Waals surface area contributed by atoms with E-state index in [0.717, 1.165) is 5.69 Å². The molecule has 1 atom stereocenters. The summed E-state index contributed by atoms with van der Waals surface area (Å²) >= 11 is 6.07. The predicted molar refractivity (Wildman–Crippen MR) is 97.2 cm³/mol. The third-order valence-corrected chi connectivity index (χ3v) is 3.88. The van der Waals surface area contributed by atoms with Crippen LogP contribution in [0.4, 0.5) is 0 Å². The van der Waals surface area contributed by atoms with E-state index >= 15 is 0 Å². The van der Waals surface area contributed by atoms with E-state index in [1.54, 1.807) is 31.2 Å². The Morgan fingerprint density at radius 2 is 1.84 bits per heavy atom. The molecule has 0 N–H and O–H groups in total. The summed E-state index contributed by atoms with van der Waals surface area (Å²) < 4.78 is 13.2. The molecule has 0 bridgehead atoms. The van der Waals surface area contributed by atoms with Gasteiger partial charge in [-0.05, 0) is 43.3 Å². The van der Waals surface area contributed by atoms with Crippen molar-refractivity contribution in [1.29, 1.82) is 0 Å². The van der Waals surface area contributed by atoms with E-state index in [4.69, 9.17) is 21.1 Å². The Morgan fingerprint density at radius 3 is 2.56 bits per heavy atom. The van der Waals surface area contributed by atoms with Gasteiger partial charge in [0.1, 0.15) is 5.75 Å². The van der Waals surface area contributed by atoms with Gasteiger partial charge < -0.3 is 14.0 Å². The minimum Gasteiger partial charge on any atom is -0.472 e. The average Bonchev–Trinajstić information content (AvgIpc) is 3.14. The van der Waals surface area contributed by atoms with Crippen LogP contribution in [0.15, 0.2) is 73.1 Å². The molecule has 1 heterocycles. The fourth-order valence-electron chi connectivity index (χ4n) is 2.53. The summed E-state index contributed by atoms with van der Waals surface area (Å²) in [4.78, 5) is 12.5. The van der Waals surface area contributed by atoms with Gasteiger partial charge in [-0.3, -0.25) is 0 Å². The number of esters is 1. The number of ether oxygens (including phenoxy) is 2. The summed E-state index contributed by atoms with van der Waals surface area (Å²) in [6, 6.07) is 18.4. The molecule has 1 unspecified atom stereocenters. The Bertz CT molecular complexity index is 846. The first kappa shape index (κ1) is 17.1. The van der Waals surface area contributed by atoms with Crippen LogP contribution in [0, 0.1) is 0 Å². The standard InChI is InChI=1S/C20H18ClNO3/c1-2-24-20(23)19(15-8-7-9-16(21)14-15)25-18-11-4-3-10-17(18)22-12-5-6-13-22/h3-14,19H,2H2,1H3. The van der Waals surface area contributed by atoms with Crippen LogP contribution in [0.3, 0.4) is 0 Å². The second-order valence-corrected chi connectivity index (χ2v) is 5.80. The quantitative estimate of drug-likeness (QED) is 0.595.